The van der Waals surface area contributed by atoms with Gasteiger partial charge in [0.05, 0.1) is 5.69 Å². The van der Waals surface area contributed by atoms with Crippen molar-refractivity contribution >= 4 is 15.9 Å². The lowest BCUT2D eigenvalue weighted by molar-refractivity contribution is 0.611. The first-order valence-electron chi connectivity index (χ1n) is 5.52. The number of rotatable bonds is 7. The van der Waals surface area contributed by atoms with Gasteiger partial charge in [0, 0.05) is 18.1 Å². The lowest BCUT2D eigenvalue weighted by atomic mass is 10.2. The number of alkyl halides is 1. The highest BCUT2D eigenvalue weighted by Gasteiger charge is 1.97. The standard InChI is InChI=1S/C12H19BrN2/c1-11-6-5-9-15-12(11)10-14-8-4-2-3-7-13/h5-6,9,14H,2-4,7-8,10H2,1H3. The summed E-state index contributed by atoms with van der Waals surface area (Å²) in [5.74, 6) is 0. The van der Waals surface area contributed by atoms with E-state index in [1.165, 1.54) is 24.8 Å². The number of nitrogens with zero attached hydrogens (tertiary/aromatic N) is 1. The van der Waals surface area contributed by atoms with Crippen molar-refractivity contribution < 1.29 is 0 Å². The predicted octanol–water partition coefficient (Wildman–Crippen LogP) is 3.04. The van der Waals surface area contributed by atoms with Gasteiger partial charge in [-0.1, -0.05) is 28.4 Å². The summed E-state index contributed by atoms with van der Waals surface area (Å²) in [6.45, 7) is 4.08. The van der Waals surface area contributed by atoms with Crippen LogP contribution in [0.4, 0.5) is 0 Å². The molecule has 0 aliphatic carbocycles. The summed E-state index contributed by atoms with van der Waals surface area (Å²) in [7, 11) is 0. The first-order chi connectivity index (χ1) is 7.34. The topological polar surface area (TPSA) is 24.9 Å². The summed E-state index contributed by atoms with van der Waals surface area (Å²) < 4.78 is 0. The molecule has 0 unspecified atom stereocenters. The van der Waals surface area contributed by atoms with Crippen LogP contribution in [0.1, 0.15) is 30.5 Å². The molecule has 2 nitrogen and oxygen atoms in total. The number of hydrogen-bond acceptors (Lipinski definition) is 2. The Labute approximate surface area is 101 Å². The molecule has 3 heteroatoms. The van der Waals surface area contributed by atoms with Gasteiger partial charge < -0.3 is 5.32 Å². The Balaban J connectivity index is 2.12. The van der Waals surface area contributed by atoms with Crippen LogP contribution in [0, 0.1) is 6.92 Å². The fraction of sp³-hybridized carbons (Fsp3) is 0.583. The smallest absolute Gasteiger partial charge is 0.0570 e. The second-order valence-corrected chi connectivity index (χ2v) is 4.49. The Morgan fingerprint density at radius 2 is 2.20 bits per heavy atom. The Morgan fingerprint density at radius 3 is 2.93 bits per heavy atom. The third-order valence-corrected chi connectivity index (χ3v) is 2.96. The van der Waals surface area contributed by atoms with Crippen molar-refractivity contribution in [3.63, 3.8) is 0 Å². The number of aryl methyl sites for hydroxylation is 1. The SMILES string of the molecule is Cc1cccnc1CNCCCCCBr. The normalized spacial score (nSPS) is 10.5. The fourth-order valence-electron chi connectivity index (χ4n) is 1.43. The van der Waals surface area contributed by atoms with Crippen molar-refractivity contribution in [3.05, 3.63) is 29.6 Å². The average Bonchev–Trinajstić information content (AvgIpc) is 2.25. The summed E-state index contributed by atoms with van der Waals surface area (Å²) in [4.78, 5) is 4.34. The van der Waals surface area contributed by atoms with Crippen LogP contribution in [0.5, 0.6) is 0 Å². The van der Waals surface area contributed by atoms with E-state index in [1.807, 2.05) is 12.3 Å². The number of hydrogen-bond donors (Lipinski definition) is 1. The Morgan fingerprint density at radius 1 is 1.33 bits per heavy atom. The minimum absolute atomic E-state index is 0.890. The van der Waals surface area contributed by atoms with Crippen molar-refractivity contribution in [2.75, 3.05) is 11.9 Å². The van der Waals surface area contributed by atoms with E-state index in [2.05, 4.69) is 39.2 Å². The Hall–Kier alpha value is -0.410. The van der Waals surface area contributed by atoms with Gasteiger partial charge in [0.25, 0.3) is 0 Å². The maximum atomic E-state index is 4.34. The molecule has 0 saturated heterocycles. The molecule has 0 saturated carbocycles. The molecule has 0 fully saturated rings. The van der Waals surface area contributed by atoms with E-state index in [-0.39, 0.29) is 0 Å². The number of unbranched alkanes of at least 4 members (excludes halogenated alkanes) is 2. The van der Waals surface area contributed by atoms with Gasteiger partial charge in [-0.05, 0) is 37.9 Å². The number of pyridine rings is 1. The molecular formula is C12H19BrN2. The minimum atomic E-state index is 0.890. The summed E-state index contributed by atoms with van der Waals surface area (Å²) in [5, 5.41) is 4.54. The first kappa shape index (κ1) is 12.7. The third kappa shape index (κ3) is 5.28. The number of nitrogens with one attached hydrogen (secondary N) is 1. The molecular weight excluding hydrogens is 252 g/mol. The van der Waals surface area contributed by atoms with E-state index < -0.39 is 0 Å². The quantitative estimate of drug-likeness (QED) is 0.609. The zero-order chi connectivity index (χ0) is 10.9. The lowest BCUT2D eigenvalue weighted by Crippen LogP contribution is -2.16. The Kier molecular flexibility index (Phi) is 6.60. The second-order valence-electron chi connectivity index (χ2n) is 3.69. The van der Waals surface area contributed by atoms with Gasteiger partial charge >= 0.3 is 0 Å². The van der Waals surface area contributed by atoms with Crippen LogP contribution in [0.25, 0.3) is 0 Å². The molecule has 1 N–H and O–H groups in total. The summed E-state index contributed by atoms with van der Waals surface area (Å²) >= 11 is 3.43. The van der Waals surface area contributed by atoms with E-state index in [0.29, 0.717) is 0 Å². The van der Waals surface area contributed by atoms with Gasteiger partial charge in [-0.15, -0.1) is 0 Å². The molecule has 1 aromatic heterocycles. The van der Waals surface area contributed by atoms with Crippen LogP contribution in [0.2, 0.25) is 0 Å². The molecule has 1 rings (SSSR count). The van der Waals surface area contributed by atoms with Crippen molar-refractivity contribution in [2.45, 2.75) is 32.7 Å². The van der Waals surface area contributed by atoms with Gasteiger partial charge in [-0.25, -0.2) is 0 Å². The molecule has 0 radical (unpaired) electrons. The summed E-state index contributed by atoms with van der Waals surface area (Å²) in [6, 6.07) is 4.09. The monoisotopic (exact) mass is 270 g/mol. The predicted molar refractivity (Wildman–Crippen MR) is 68.3 cm³/mol. The largest absolute Gasteiger partial charge is 0.311 e. The zero-order valence-electron chi connectivity index (χ0n) is 9.30. The second kappa shape index (κ2) is 7.83. The number of halogens is 1. The van der Waals surface area contributed by atoms with Gasteiger partial charge in [0.1, 0.15) is 0 Å². The minimum Gasteiger partial charge on any atom is -0.311 e. The highest BCUT2D eigenvalue weighted by molar-refractivity contribution is 9.09. The van der Waals surface area contributed by atoms with Crippen LogP contribution < -0.4 is 5.32 Å². The molecule has 1 aromatic rings. The number of aromatic nitrogens is 1. The molecule has 0 amide bonds. The molecule has 0 bridgehead atoms. The van der Waals surface area contributed by atoms with Crippen LogP contribution in [-0.4, -0.2) is 16.9 Å². The average molecular weight is 271 g/mol. The molecule has 0 aliphatic rings. The van der Waals surface area contributed by atoms with E-state index in [1.54, 1.807) is 0 Å². The highest BCUT2D eigenvalue weighted by atomic mass is 79.9. The summed E-state index contributed by atoms with van der Waals surface area (Å²) in [5.41, 5.74) is 2.43. The van der Waals surface area contributed by atoms with Crippen molar-refractivity contribution in [2.24, 2.45) is 0 Å². The molecule has 0 aromatic carbocycles. The van der Waals surface area contributed by atoms with E-state index in [9.17, 15) is 0 Å². The summed E-state index contributed by atoms with van der Waals surface area (Å²) in [6.07, 6.45) is 5.66. The molecule has 15 heavy (non-hydrogen) atoms. The molecule has 1 heterocycles. The van der Waals surface area contributed by atoms with Gasteiger partial charge in [-0.3, -0.25) is 4.98 Å². The maximum Gasteiger partial charge on any atom is 0.0570 e. The van der Waals surface area contributed by atoms with E-state index >= 15 is 0 Å². The molecule has 0 atom stereocenters. The molecule has 84 valence electrons. The van der Waals surface area contributed by atoms with Gasteiger partial charge in [0.15, 0.2) is 0 Å². The van der Waals surface area contributed by atoms with E-state index in [4.69, 9.17) is 0 Å². The van der Waals surface area contributed by atoms with Gasteiger partial charge in [0.2, 0.25) is 0 Å². The van der Waals surface area contributed by atoms with Crippen LogP contribution in [-0.2, 0) is 6.54 Å². The van der Waals surface area contributed by atoms with E-state index in [0.717, 1.165) is 24.1 Å². The van der Waals surface area contributed by atoms with Gasteiger partial charge in [-0.2, -0.15) is 0 Å². The van der Waals surface area contributed by atoms with Crippen LogP contribution in [0.3, 0.4) is 0 Å². The molecule has 0 aliphatic heterocycles. The third-order valence-electron chi connectivity index (χ3n) is 2.40. The van der Waals surface area contributed by atoms with Crippen molar-refractivity contribution in [1.82, 2.24) is 10.3 Å². The first-order valence-corrected chi connectivity index (χ1v) is 6.64. The molecule has 0 spiro atoms. The highest BCUT2D eigenvalue weighted by Crippen LogP contribution is 2.02. The van der Waals surface area contributed by atoms with Crippen LogP contribution >= 0.6 is 15.9 Å². The zero-order valence-corrected chi connectivity index (χ0v) is 10.9. The Bertz CT molecular complexity index is 276. The fourth-order valence-corrected chi connectivity index (χ4v) is 1.83. The maximum absolute atomic E-state index is 4.34. The van der Waals surface area contributed by atoms with Crippen LogP contribution in [0.15, 0.2) is 18.3 Å². The van der Waals surface area contributed by atoms with Crippen molar-refractivity contribution in [1.29, 1.82) is 0 Å². The van der Waals surface area contributed by atoms with Crippen molar-refractivity contribution in [3.8, 4) is 0 Å². The lowest BCUT2D eigenvalue weighted by Gasteiger charge is -2.06.